The molecule has 104 valence electrons. The van der Waals surface area contributed by atoms with Crippen LogP contribution in [0.1, 0.15) is 13.3 Å². The molecule has 0 amide bonds. The van der Waals surface area contributed by atoms with Crippen LogP contribution in [0.5, 0.6) is 0 Å². The summed E-state index contributed by atoms with van der Waals surface area (Å²) in [5.74, 6) is 0.166. The van der Waals surface area contributed by atoms with E-state index in [4.69, 9.17) is 22.1 Å². The highest BCUT2D eigenvalue weighted by atomic mass is 35.5. The molecule has 1 saturated carbocycles. The topological polar surface area (TPSA) is 103 Å². The summed E-state index contributed by atoms with van der Waals surface area (Å²) < 4.78 is 5.49. The molecule has 19 heavy (non-hydrogen) atoms. The van der Waals surface area contributed by atoms with Gasteiger partial charge in [-0.3, -0.25) is 10.1 Å². The number of ether oxygens (including phenoxy) is 1. The predicted molar refractivity (Wildman–Crippen MR) is 71.3 cm³/mol. The van der Waals surface area contributed by atoms with Crippen LogP contribution in [-0.4, -0.2) is 34.7 Å². The van der Waals surface area contributed by atoms with Gasteiger partial charge in [0.1, 0.15) is 0 Å². The van der Waals surface area contributed by atoms with Crippen molar-refractivity contribution in [2.75, 3.05) is 11.9 Å². The highest BCUT2D eigenvalue weighted by Crippen LogP contribution is 2.30. The molecule has 3 atom stereocenters. The molecule has 0 bridgehead atoms. The van der Waals surface area contributed by atoms with Crippen molar-refractivity contribution in [3.05, 3.63) is 27.4 Å². The van der Waals surface area contributed by atoms with E-state index in [2.05, 4.69) is 10.3 Å². The Labute approximate surface area is 115 Å². The molecule has 8 heteroatoms. The van der Waals surface area contributed by atoms with Gasteiger partial charge in [0.25, 0.3) is 0 Å². The third-order valence-corrected chi connectivity index (χ3v) is 3.29. The van der Waals surface area contributed by atoms with Gasteiger partial charge in [-0.25, -0.2) is 4.98 Å². The minimum Gasteiger partial charge on any atom is -0.376 e. The minimum atomic E-state index is -0.527. The fourth-order valence-corrected chi connectivity index (χ4v) is 2.22. The summed E-state index contributed by atoms with van der Waals surface area (Å²) in [6.07, 6.45) is 2.04. The number of nitrogens with zero attached hydrogens (tertiary/aromatic N) is 2. The van der Waals surface area contributed by atoms with Gasteiger partial charge in [0.05, 0.1) is 22.1 Å². The van der Waals surface area contributed by atoms with Crippen molar-refractivity contribution in [1.29, 1.82) is 0 Å². The van der Waals surface area contributed by atoms with Crippen LogP contribution in [0.3, 0.4) is 0 Å². The van der Waals surface area contributed by atoms with Crippen LogP contribution in [0.25, 0.3) is 0 Å². The molecule has 1 aromatic heterocycles. The Morgan fingerprint density at radius 1 is 1.74 bits per heavy atom. The van der Waals surface area contributed by atoms with E-state index in [9.17, 15) is 10.1 Å². The third-order valence-electron chi connectivity index (χ3n) is 3.08. The average molecular weight is 287 g/mol. The zero-order valence-corrected chi connectivity index (χ0v) is 11.1. The number of nitrogens with one attached hydrogen (secondary N) is 1. The van der Waals surface area contributed by atoms with Crippen molar-refractivity contribution in [2.24, 2.45) is 5.73 Å². The Balaban J connectivity index is 2.16. The van der Waals surface area contributed by atoms with Gasteiger partial charge in [0.2, 0.25) is 5.82 Å². The molecule has 0 aliphatic heterocycles. The fourth-order valence-electron chi connectivity index (χ4n) is 2.06. The van der Waals surface area contributed by atoms with E-state index in [1.54, 1.807) is 0 Å². The zero-order valence-electron chi connectivity index (χ0n) is 10.4. The second-order valence-corrected chi connectivity index (χ2v) is 4.78. The summed E-state index contributed by atoms with van der Waals surface area (Å²) in [4.78, 5) is 14.4. The minimum absolute atomic E-state index is 0.0444. The maximum Gasteiger partial charge on any atom is 0.312 e. The fraction of sp³-hybridized carbons (Fsp3) is 0.545. The Morgan fingerprint density at radius 3 is 3.05 bits per heavy atom. The summed E-state index contributed by atoms with van der Waals surface area (Å²) in [5.41, 5.74) is 5.72. The van der Waals surface area contributed by atoms with Gasteiger partial charge in [-0.1, -0.05) is 11.6 Å². The summed E-state index contributed by atoms with van der Waals surface area (Å²) in [6.45, 7) is 2.47. The number of hydrogen-bond acceptors (Lipinski definition) is 6. The number of rotatable bonds is 5. The van der Waals surface area contributed by atoms with E-state index in [1.807, 2.05) is 6.92 Å². The van der Waals surface area contributed by atoms with Crippen molar-refractivity contribution in [3.63, 3.8) is 0 Å². The summed E-state index contributed by atoms with van der Waals surface area (Å²) in [6, 6.07) is 0.984. The first-order valence-corrected chi connectivity index (χ1v) is 6.34. The molecule has 3 N–H and O–H groups in total. The molecule has 0 aromatic carbocycles. The Bertz CT molecular complexity index is 483. The molecule has 7 nitrogen and oxygen atoms in total. The first-order chi connectivity index (χ1) is 9.02. The first-order valence-electron chi connectivity index (χ1n) is 5.96. The molecule has 3 unspecified atom stereocenters. The number of pyridine rings is 1. The predicted octanol–water partition coefficient (Wildman–Crippen LogP) is 1.56. The summed E-state index contributed by atoms with van der Waals surface area (Å²) >= 11 is 5.71. The van der Waals surface area contributed by atoms with E-state index < -0.39 is 4.92 Å². The van der Waals surface area contributed by atoms with Crippen LogP contribution in [0, 0.1) is 10.1 Å². The lowest BCUT2D eigenvalue weighted by Crippen LogP contribution is -2.60. The molecular weight excluding hydrogens is 272 g/mol. The van der Waals surface area contributed by atoms with Crippen LogP contribution in [0.4, 0.5) is 11.5 Å². The molecule has 1 aliphatic rings. The van der Waals surface area contributed by atoms with Crippen molar-refractivity contribution < 1.29 is 9.66 Å². The second-order valence-electron chi connectivity index (χ2n) is 4.34. The van der Waals surface area contributed by atoms with E-state index in [-0.39, 0.29) is 34.7 Å². The second kappa shape index (κ2) is 5.68. The first kappa shape index (κ1) is 14.0. The normalized spacial score (nSPS) is 25.7. The van der Waals surface area contributed by atoms with Gasteiger partial charge in [-0.05, 0) is 13.3 Å². The van der Waals surface area contributed by atoms with Crippen LogP contribution in [0.15, 0.2) is 12.3 Å². The summed E-state index contributed by atoms with van der Waals surface area (Å²) in [5, 5.41) is 14.2. The summed E-state index contributed by atoms with van der Waals surface area (Å²) in [7, 11) is 0. The van der Waals surface area contributed by atoms with Crippen LogP contribution >= 0.6 is 11.6 Å². The molecule has 0 radical (unpaired) electrons. The van der Waals surface area contributed by atoms with E-state index in [0.717, 1.165) is 6.42 Å². The van der Waals surface area contributed by atoms with E-state index in [1.165, 1.54) is 12.3 Å². The van der Waals surface area contributed by atoms with Crippen LogP contribution < -0.4 is 11.1 Å². The van der Waals surface area contributed by atoms with Gasteiger partial charge in [-0.2, -0.15) is 0 Å². The number of anilines is 1. The van der Waals surface area contributed by atoms with Gasteiger partial charge in [0, 0.05) is 24.9 Å². The Kier molecular flexibility index (Phi) is 4.18. The number of nitrogens with two attached hydrogens (primary N) is 1. The van der Waals surface area contributed by atoms with Crippen molar-refractivity contribution in [2.45, 2.75) is 31.5 Å². The molecule has 1 aromatic rings. The average Bonchev–Trinajstić information content (AvgIpc) is 2.36. The zero-order chi connectivity index (χ0) is 14.0. The molecule has 1 heterocycles. The Hall–Kier alpha value is -1.44. The Morgan fingerprint density at radius 2 is 2.47 bits per heavy atom. The van der Waals surface area contributed by atoms with Crippen molar-refractivity contribution in [3.8, 4) is 0 Å². The smallest absolute Gasteiger partial charge is 0.312 e. The molecule has 1 fully saturated rings. The molecule has 1 aliphatic carbocycles. The lowest BCUT2D eigenvalue weighted by atomic mass is 9.83. The molecular formula is C11H15ClN4O3. The molecule has 0 saturated heterocycles. The SMILES string of the molecule is CCOC1CC(N)C1Nc1ncc(Cl)cc1[N+](=O)[O-]. The maximum absolute atomic E-state index is 11.0. The molecule has 0 spiro atoms. The lowest BCUT2D eigenvalue weighted by Gasteiger charge is -2.42. The maximum atomic E-state index is 11.0. The van der Waals surface area contributed by atoms with E-state index >= 15 is 0 Å². The van der Waals surface area contributed by atoms with Crippen molar-refractivity contribution >= 4 is 23.1 Å². The highest BCUT2D eigenvalue weighted by Gasteiger charge is 2.40. The van der Waals surface area contributed by atoms with Crippen LogP contribution in [-0.2, 0) is 4.74 Å². The third kappa shape index (κ3) is 2.94. The number of halogens is 1. The number of nitro groups is 1. The molecule has 2 rings (SSSR count). The highest BCUT2D eigenvalue weighted by molar-refractivity contribution is 6.30. The van der Waals surface area contributed by atoms with Gasteiger partial charge >= 0.3 is 5.69 Å². The lowest BCUT2D eigenvalue weighted by molar-refractivity contribution is -0.384. The quantitative estimate of drug-likeness (QED) is 0.629. The number of hydrogen-bond donors (Lipinski definition) is 2. The van der Waals surface area contributed by atoms with Gasteiger partial charge < -0.3 is 15.8 Å². The van der Waals surface area contributed by atoms with E-state index in [0.29, 0.717) is 6.61 Å². The number of aromatic nitrogens is 1. The van der Waals surface area contributed by atoms with Gasteiger partial charge in [0.15, 0.2) is 0 Å². The standard InChI is InChI=1S/C11H15ClN4O3/c1-2-19-9-4-7(13)10(9)15-11-8(16(17)18)3-6(12)5-14-11/h3,5,7,9-10H,2,4,13H2,1H3,(H,14,15). The van der Waals surface area contributed by atoms with Gasteiger partial charge in [-0.15, -0.1) is 0 Å². The van der Waals surface area contributed by atoms with Crippen LogP contribution in [0.2, 0.25) is 5.02 Å². The monoisotopic (exact) mass is 286 g/mol. The van der Waals surface area contributed by atoms with Crippen molar-refractivity contribution in [1.82, 2.24) is 4.98 Å². The largest absolute Gasteiger partial charge is 0.376 e.